The van der Waals surface area contributed by atoms with Gasteiger partial charge in [-0.2, -0.15) is 0 Å². The highest BCUT2D eigenvalue weighted by atomic mass is 32.2. The third-order valence-corrected chi connectivity index (χ3v) is 5.63. The lowest BCUT2D eigenvalue weighted by Gasteiger charge is -2.13. The lowest BCUT2D eigenvalue weighted by Crippen LogP contribution is -2.25. The summed E-state index contributed by atoms with van der Waals surface area (Å²) in [4.78, 5) is 10.5. The van der Waals surface area contributed by atoms with Gasteiger partial charge in [0.2, 0.25) is 0 Å². The topological polar surface area (TPSA) is 127 Å². The number of para-hydroxylation sites is 1. The number of nitrogen functional groups attached to an aromatic ring is 1. The zero-order valence-corrected chi connectivity index (χ0v) is 11.5. The summed E-state index contributed by atoms with van der Waals surface area (Å²) >= 11 is 0. The number of rotatable bonds is 5. The number of nitro groups is 1. The van der Waals surface area contributed by atoms with Crippen LogP contribution < -0.4 is 16.6 Å². The first-order valence-corrected chi connectivity index (χ1v) is 7.86. The number of hydrogen-bond acceptors (Lipinski definition) is 7. The van der Waals surface area contributed by atoms with Crippen molar-refractivity contribution >= 4 is 26.9 Å². The first kappa shape index (κ1) is 14.5. The molecule has 0 amide bonds. The summed E-state index contributed by atoms with van der Waals surface area (Å²) in [5, 5.41) is 13.4. The molecule has 1 aromatic carbocycles. The summed E-state index contributed by atoms with van der Waals surface area (Å²) < 4.78 is 23.4. The summed E-state index contributed by atoms with van der Waals surface area (Å²) in [5.74, 6) is 5.43. The van der Waals surface area contributed by atoms with Crippen LogP contribution in [0.25, 0.3) is 0 Å². The molecule has 0 spiro atoms. The Morgan fingerprint density at radius 2 is 2.10 bits per heavy atom. The van der Waals surface area contributed by atoms with Gasteiger partial charge in [-0.3, -0.25) is 16.0 Å². The van der Waals surface area contributed by atoms with Crippen molar-refractivity contribution in [3.8, 4) is 0 Å². The van der Waals surface area contributed by atoms with Crippen molar-refractivity contribution in [2.45, 2.75) is 18.1 Å². The normalized spacial score (nSPS) is 20.6. The Morgan fingerprint density at radius 1 is 1.40 bits per heavy atom. The number of benzene rings is 1. The van der Waals surface area contributed by atoms with Crippen molar-refractivity contribution in [3.05, 3.63) is 28.3 Å². The van der Waals surface area contributed by atoms with Crippen molar-refractivity contribution in [1.29, 1.82) is 0 Å². The van der Waals surface area contributed by atoms with Crippen LogP contribution in [0.5, 0.6) is 0 Å². The number of nitrogens with two attached hydrogens (primary N) is 1. The highest BCUT2D eigenvalue weighted by molar-refractivity contribution is 7.92. The van der Waals surface area contributed by atoms with Gasteiger partial charge >= 0.3 is 5.69 Å². The van der Waals surface area contributed by atoms with E-state index in [2.05, 4.69) is 10.7 Å². The van der Waals surface area contributed by atoms with Gasteiger partial charge in [-0.15, -0.1) is 0 Å². The van der Waals surface area contributed by atoms with Crippen molar-refractivity contribution < 1.29 is 13.3 Å². The van der Waals surface area contributed by atoms with E-state index in [-0.39, 0.29) is 29.4 Å². The zero-order chi connectivity index (χ0) is 14.8. The first-order chi connectivity index (χ1) is 9.45. The van der Waals surface area contributed by atoms with Crippen LogP contribution >= 0.6 is 0 Å². The molecule has 1 heterocycles. The minimum absolute atomic E-state index is 0.164. The van der Waals surface area contributed by atoms with E-state index in [9.17, 15) is 18.5 Å². The number of hydrogen-bond donors (Lipinski definition) is 3. The van der Waals surface area contributed by atoms with Crippen LogP contribution in [0, 0.1) is 10.1 Å². The summed E-state index contributed by atoms with van der Waals surface area (Å²) in [7, 11) is -3.08. The van der Waals surface area contributed by atoms with Gasteiger partial charge in [-0.25, -0.2) is 8.42 Å². The minimum atomic E-state index is -3.08. The molecule has 1 fully saturated rings. The summed E-state index contributed by atoms with van der Waals surface area (Å²) in [6, 6.07) is 4.61. The van der Waals surface area contributed by atoms with Crippen molar-refractivity contribution in [1.82, 2.24) is 0 Å². The fourth-order valence-corrected chi connectivity index (χ4v) is 4.08. The van der Waals surface area contributed by atoms with Gasteiger partial charge in [0.05, 0.1) is 15.9 Å². The van der Waals surface area contributed by atoms with Crippen LogP contribution in [0.3, 0.4) is 0 Å². The molecule has 1 atom stereocenters. The highest BCUT2D eigenvalue weighted by Gasteiger charge is 2.31. The maximum atomic E-state index is 11.7. The number of nitrogens with zero attached hydrogens (tertiary/aromatic N) is 1. The van der Waals surface area contributed by atoms with Gasteiger partial charge in [-0.05, 0) is 25.0 Å². The van der Waals surface area contributed by atoms with E-state index < -0.39 is 20.0 Å². The van der Waals surface area contributed by atoms with E-state index in [4.69, 9.17) is 5.84 Å². The average molecular weight is 300 g/mol. The van der Waals surface area contributed by atoms with Gasteiger partial charge in [0.25, 0.3) is 0 Å². The molecular formula is C11H16N4O4S. The fraction of sp³-hybridized carbons (Fsp3) is 0.455. The molecule has 1 saturated heterocycles. The molecule has 4 N–H and O–H groups in total. The molecule has 0 saturated carbocycles. The van der Waals surface area contributed by atoms with Crippen LogP contribution in [0.15, 0.2) is 18.2 Å². The molecule has 9 heteroatoms. The number of nitro benzene ring substituents is 1. The largest absolute Gasteiger partial charge is 0.378 e. The van der Waals surface area contributed by atoms with E-state index in [0.717, 1.165) is 0 Å². The molecular weight excluding hydrogens is 284 g/mol. The quantitative estimate of drug-likeness (QED) is 0.418. The zero-order valence-electron chi connectivity index (χ0n) is 10.7. The van der Waals surface area contributed by atoms with Crippen molar-refractivity contribution in [3.63, 3.8) is 0 Å². The Labute approximate surface area is 116 Å². The molecule has 110 valence electrons. The second-order valence-electron chi connectivity index (χ2n) is 4.62. The fourth-order valence-electron chi connectivity index (χ4n) is 2.31. The molecule has 0 radical (unpaired) electrons. The monoisotopic (exact) mass is 300 g/mol. The molecule has 0 aromatic heterocycles. The Balaban J connectivity index is 2.20. The predicted octanol–water partition coefficient (Wildman–Crippen LogP) is 0.870. The lowest BCUT2D eigenvalue weighted by atomic mass is 10.2. The van der Waals surface area contributed by atoms with Crippen LogP contribution in [0.2, 0.25) is 0 Å². The van der Waals surface area contributed by atoms with Gasteiger partial charge in [0, 0.05) is 6.54 Å². The summed E-state index contributed by atoms with van der Waals surface area (Å²) in [6.45, 7) is 0.164. The number of sulfone groups is 1. The molecule has 2 rings (SSSR count). The van der Waals surface area contributed by atoms with Crippen LogP contribution in [-0.2, 0) is 9.84 Å². The van der Waals surface area contributed by atoms with Gasteiger partial charge in [0.15, 0.2) is 9.84 Å². The van der Waals surface area contributed by atoms with Gasteiger partial charge in [-0.1, -0.05) is 6.07 Å². The van der Waals surface area contributed by atoms with E-state index in [1.165, 1.54) is 12.1 Å². The molecule has 8 nitrogen and oxygen atoms in total. The number of nitrogens with one attached hydrogen (secondary N) is 2. The maximum absolute atomic E-state index is 11.7. The van der Waals surface area contributed by atoms with E-state index in [0.29, 0.717) is 12.8 Å². The predicted molar refractivity (Wildman–Crippen MR) is 76.2 cm³/mol. The standard InChI is InChI=1S/C11H16N4O4S/c12-14-10-5-1-4-9(11(10)15(16)17)13-7-8-3-2-6-20(8,18)19/h1,4-5,8,13-14H,2-3,6-7,12H2. The molecule has 1 aromatic rings. The Bertz CT molecular complexity index is 617. The Morgan fingerprint density at radius 3 is 2.65 bits per heavy atom. The third-order valence-electron chi connectivity index (χ3n) is 3.36. The minimum Gasteiger partial charge on any atom is -0.378 e. The summed E-state index contributed by atoms with van der Waals surface area (Å²) in [5.41, 5.74) is 2.50. The average Bonchev–Trinajstić information content (AvgIpc) is 2.74. The summed E-state index contributed by atoms with van der Waals surface area (Å²) in [6.07, 6.45) is 1.22. The number of hydrazine groups is 1. The van der Waals surface area contributed by atoms with Crippen LogP contribution in [-0.4, -0.2) is 30.9 Å². The Hall–Kier alpha value is -1.87. The van der Waals surface area contributed by atoms with E-state index >= 15 is 0 Å². The van der Waals surface area contributed by atoms with Crippen LogP contribution in [0.1, 0.15) is 12.8 Å². The van der Waals surface area contributed by atoms with Crippen LogP contribution in [0.4, 0.5) is 17.1 Å². The molecule has 20 heavy (non-hydrogen) atoms. The lowest BCUT2D eigenvalue weighted by molar-refractivity contribution is -0.383. The SMILES string of the molecule is NNc1cccc(NCC2CCCS2(=O)=O)c1[N+](=O)[O-]. The second-order valence-corrected chi connectivity index (χ2v) is 7.02. The number of anilines is 2. The maximum Gasteiger partial charge on any atom is 0.316 e. The van der Waals surface area contributed by atoms with Gasteiger partial charge < -0.3 is 10.7 Å². The molecule has 0 aliphatic carbocycles. The first-order valence-electron chi connectivity index (χ1n) is 6.15. The van der Waals surface area contributed by atoms with E-state index in [1.807, 2.05) is 0 Å². The second kappa shape index (κ2) is 5.63. The van der Waals surface area contributed by atoms with Crippen molar-refractivity contribution in [2.75, 3.05) is 23.0 Å². The molecule has 1 unspecified atom stereocenters. The van der Waals surface area contributed by atoms with Gasteiger partial charge in [0.1, 0.15) is 11.4 Å². The molecule has 1 aliphatic heterocycles. The molecule has 0 bridgehead atoms. The van der Waals surface area contributed by atoms with Crippen molar-refractivity contribution in [2.24, 2.45) is 5.84 Å². The van der Waals surface area contributed by atoms with E-state index in [1.54, 1.807) is 6.07 Å². The third kappa shape index (κ3) is 2.83. The smallest absolute Gasteiger partial charge is 0.316 e. The highest BCUT2D eigenvalue weighted by Crippen LogP contribution is 2.32. The molecule has 1 aliphatic rings. The Kier molecular flexibility index (Phi) is 4.09.